The van der Waals surface area contributed by atoms with E-state index in [1.54, 1.807) is 6.20 Å². The number of rotatable bonds is 5. The molecule has 0 aliphatic carbocycles. The first-order valence-electron chi connectivity index (χ1n) is 9.75. The van der Waals surface area contributed by atoms with Crippen LogP contribution in [0.4, 0.5) is 0 Å². The first kappa shape index (κ1) is 20.2. The molecule has 6 heteroatoms. The molecule has 3 heterocycles. The monoisotopic (exact) mass is 417 g/mol. The van der Waals surface area contributed by atoms with E-state index >= 15 is 0 Å². The van der Waals surface area contributed by atoms with Crippen LogP contribution in [-0.4, -0.2) is 31.3 Å². The minimum absolute atomic E-state index is 0.496. The molecule has 1 aromatic carbocycles. The summed E-state index contributed by atoms with van der Waals surface area (Å²) in [6.45, 7) is 6.49. The van der Waals surface area contributed by atoms with Gasteiger partial charge in [-0.15, -0.1) is 0 Å². The lowest BCUT2D eigenvalue weighted by Gasteiger charge is -2.25. The Morgan fingerprint density at radius 2 is 1.83 bits per heavy atom. The molecule has 3 aromatic rings. The first-order chi connectivity index (χ1) is 14.4. The third-order valence-corrected chi connectivity index (χ3v) is 6.62. The van der Waals surface area contributed by atoms with Gasteiger partial charge in [0.15, 0.2) is 5.37 Å². The van der Waals surface area contributed by atoms with Gasteiger partial charge in [0.2, 0.25) is 0 Å². The first-order valence-corrected chi connectivity index (χ1v) is 10.6. The van der Waals surface area contributed by atoms with E-state index in [2.05, 4.69) is 16.0 Å². The van der Waals surface area contributed by atoms with E-state index in [0.29, 0.717) is 6.54 Å². The second-order valence-corrected chi connectivity index (χ2v) is 8.50. The average Bonchev–Trinajstić information content (AvgIpc) is 3.05. The lowest BCUT2D eigenvalue weighted by Crippen LogP contribution is -2.33. The topological polar surface area (TPSA) is 66.3 Å². The molecule has 0 saturated heterocycles. The van der Waals surface area contributed by atoms with Crippen molar-refractivity contribution in [2.45, 2.75) is 32.7 Å². The fourth-order valence-corrected chi connectivity index (χ4v) is 4.97. The highest BCUT2D eigenvalue weighted by molar-refractivity contribution is 8.09. The van der Waals surface area contributed by atoms with Crippen LogP contribution in [0.2, 0.25) is 0 Å². The van der Waals surface area contributed by atoms with Crippen molar-refractivity contribution in [3.8, 4) is 11.3 Å². The fourth-order valence-electron chi connectivity index (χ4n) is 3.73. The molecule has 0 bridgehead atoms. The summed E-state index contributed by atoms with van der Waals surface area (Å²) in [7, 11) is 0. The van der Waals surface area contributed by atoms with Gasteiger partial charge < -0.3 is 10.0 Å². The molecule has 4 rings (SSSR count). The molecule has 0 spiro atoms. The van der Waals surface area contributed by atoms with Gasteiger partial charge in [0, 0.05) is 40.8 Å². The van der Waals surface area contributed by atoms with Gasteiger partial charge in [-0.2, -0.15) is 0 Å². The van der Waals surface area contributed by atoms with Gasteiger partial charge in [-0.05, 0) is 49.6 Å². The number of aromatic nitrogens is 2. The summed E-state index contributed by atoms with van der Waals surface area (Å²) in [6.07, 6.45) is 3.63. The molecule has 1 aliphatic heterocycles. The van der Waals surface area contributed by atoms with Crippen molar-refractivity contribution in [2.24, 2.45) is 0 Å². The average molecular weight is 418 g/mol. The Bertz CT molecular complexity index is 1130. The van der Waals surface area contributed by atoms with Gasteiger partial charge in [0.25, 0.3) is 0 Å². The molecule has 0 saturated carbocycles. The van der Waals surface area contributed by atoms with Crippen molar-refractivity contribution in [2.75, 3.05) is 0 Å². The molecule has 1 unspecified atom stereocenters. The number of hydrogen-bond acceptors (Lipinski definition) is 5. The predicted octanol–water partition coefficient (Wildman–Crippen LogP) is 5.11. The van der Waals surface area contributed by atoms with Crippen LogP contribution in [0.15, 0.2) is 66.6 Å². The highest BCUT2D eigenvalue weighted by Gasteiger charge is 2.36. The number of carbonyl (C=O) groups is 1. The Morgan fingerprint density at radius 3 is 2.50 bits per heavy atom. The Hall–Kier alpha value is -3.12. The van der Waals surface area contributed by atoms with Crippen molar-refractivity contribution in [1.29, 1.82) is 0 Å². The largest absolute Gasteiger partial charge is 0.479 e. The van der Waals surface area contributed by atoms with Gasteiger partial charge in [-0.25, -0.2) is 4.79 Å². The van der Waals surface area contributed by atoms with Crippen molar-refractivity contribution >= 4 is 22.6 Å². The fraction of sp³-hybridized carbons (Fsp3) is 0.208. The summed E-state index contributed by atoms with van der Waals surface area (Å²) in [6, 6.07) is 16.0. The van der Waals surface area contributed by atoms with E-state index in [4.69, 9.17) is 0 Å². The van der Waals surface area contributed by atoms with Crippen molar-refractivity contribution in [1.82, 2.24) is 14.9 Å². The minimum Gasteiger partial charge on any atom is -0.479 e. The number of carboxylic acids is 1. The molecular formula is C24H23N3O2S. The number of allylic oxidation sites excluding steroid dienone is 1. The second kappa shape index (κ2) is 8.32. The third-order valence-electron chi connectivity index (χ3n) is 5.18. The number of nitrogens with zero attached hydrogens (tertiary/aromatic N) is 3. The van der Waals surface area contributed by atoms with Crippen molar-refractivity contribution in [3.63, 3.8) is 0 Å². The maximum Gasteiger partial charge on any atom is 0.337 e. The van der Waals surface area contributed by atoms with Gasteiger partial charge in [0.1, 0.15) is 0 Å². The molecule has 0 fully saturated rings. The molecular weight excluding hydrogens is 394 g/mol. The highest BCUT2D eigenvalue weighted by Crippen LogP contribution is 2.44. The van der Waals surface area contributed by atoms with Crippen LogP contribution < -0.4 is 0 Å². The highest BCUT2D eigenvalue weighted by atomic mass is 32.2. The quantitative estimate of drug-likeness (QED) is 0.622. The Morgan fingerprint density at radius 1 is 1.07 bits per heavy atom. The molecule has 0 amide bonds. The Balaban J connectivity index is 1.64. The summed E-state index contributed by atoms with van der Waals surface area (Å²) in [5.74, 6) is -0.834. The smallest absolute Gasteiger partial charge is 0.337 e. The zero-order valence-corrected chi connectivity index (χ0v) is 18.0. The predicted molar refractivity (Wildman–Crippen MR) is 121 cm³/mol. The lowest BCUT2D eigenvalue weighted by molar-refractivity contribution is -0.139. The van der Waals surface area contributed by atoms with Crippen LogP contribution >= 0.6 is 11.8 Å². The molecule has 1 atom stereocenters. The third kappa shape index (κ3) is 3.96. The summed E-state index contributed by atoms with van der Waals surface area (Å²) in [5, 5.41) is 9.16. The molecule has 5 nitrogen and oxygen atoms in total. The lowest BCUT2D eigenvalue weighted by atomic mass is 10.1. The summed E-state index contributed by atoms with van der Waals surface area (Å²) >= 11 is 1.39. The van der Waals surface area contributed by atoms with Crippen LogP contribution in [0, 0.1) is 13.8 Å². The Labute approximate surface area is 180 Å². The van der Waals surface area contributed by atoms with E-state index in [9.17, 15) is 9.90 Å². The SMILES string of the molecule is CC1=C(c2ccccc2)SC(C(=O)O)N1Cc1cnc(-c2ccnc(C)c2)c(C)c1. The standard InChI is InChI=1S/C24H23N3O2S/c1-15-11-18(13-26-21(15)20-9-10-25-16(2)12-20)14-27-17(3)22(30-23(27)24(28)29)19-7-5-4-6-8-19/h4-13,23H,14H2,1-3H3,(H,28,29). The van der Waals surface area contributed by atoms with Crippen LogP contribution in [0.3, 0.4) is 0 Å². The number of thioether (sulfide) groups is 1. The minimum atomic E-state index is -0.834. The summed E-state index contributed by atoms with van der Waals surface area (Å²) < 4.78 is 0. The van der Waals surface area contributed by atoms with Gasteiger partial charge in [-0.1, -0.05) is 48.2 Å². The van der Waals surface area contributed by atoms with E-state index in [1.165, 1.54) is 11.8 Å². The maximum absolute atomic E-state index is 12.0. The number of pyridine rings is 2. The maximum atomic E-state index is 12.0. The molecule has 1 aliphatic rings. The number of aryl methyl sites for hydroxylation is 2. The molecule has 1 N–H and O–H groups in total. The van der Waals surface area contributed by atoms with Crippen LogP contribution in [0.1, 0.15) is 29.3 Å². The molecule has 30 heavy (non-hydrogen) atoms. The second-order valence-electron chi connectivity index (χ2n) is 7.41. The van der Waals surface area contributed by atoms with Crippen LogP contribution in [-0.2, 0) is 11.3 Å². The number of aliphatic carboxylic acids is 1. The zero-order chi connectivity index (χ0) is 21.3. The summed E-state index contributed by atoms with van der Waals surface area (Å²) in [4.78, 5) is 23.8. The van der Waals surface area contributed by atoms with Gasteiger partial charge >= 0.3 is 5.97 Å². The summed E-state index contributed by atoms with van der Waals surface area (Å²) in [5.41, 5.74) is 6.98. The van der Waals surface area contributed by atoms with Crippen molar-refractivity contribution < 1.29 is 9.90 Å². The van der Waals surface area contributed by atoms with E-state index in [1.807, 2.05) is 74.3 Å². The van der Waals surface area contributed by atoms with Crippen LogP contribution in [0.25, 0.3) is 16.2 Å². The van der Waals surface area contributed by atoms with E-state index in [0.717, 1.165) is 44.2 Å². The zero-order valence-electron chi connectivity index (χ0n) is 17.2. The Kier molecular flexibility index (Phi) is 5.59. The molecule has 2 aromatic heterocycles. The normalized spacial score (nSPS) is 16.2. The number of carboxylic acid groups (broad SMARTS) is 1. The van der Waals surface area contributed by atoms with Gasteiger partial charge in [0.05, 0.1) is 5.69 Å². The van der Waals surface area contributed by atoms with E-state index in [-0.39, 0.29) is 0 Å². The van der Waals surface area contributed by atoms with Crippen LogP contribution in [0.5, 0.6) is 0 Å². The van der Waals surface area contributed by atoms with Gasteiger partial charge in [-0.3, -0.25) is 9.97 Å². The number of benzene rings is 1. The molecule has 0 radical (unpaired) electrons. The van der Waals surface area contributed by atoms with Crippen molar-refractivity contribution in [3.05, 3.63) is 89.0 Å². The number of hydrogen-bond donors (Lipinski definition) is 1. The van der Waals surface area contributed by atoms with E-state index < -0.39 is 11.3 Å². The molecule has 152 valence electrons.